The minimum Gasteiger partial charge on any atom is -0.475 e. The fraction of sp³-hybridized carbons (Fsp3) is 0.600. The number of sulfonamides is 1. The predicted molar refractivity (Wildman–Crippen MR) is 114 cm³/mol. The van der Waals surface area contributed by atoms with Crippen LogP contribution in [0.2, 0.25) is 0 Å². The number of alkyl halides is 3. The van der Waals surface area contributed by atoms with E-state index in [0.717, 1.165) is 18.7 Å². The maximum Gasteiger partial charge on any atom is 0.490 e. The highest BCUT2D eigenvalue weighted by Gasteiger charge is 2.38. The van der Waals surface area contributed by atoms with Gasteiger partial charge in [-0.2, -0.15) is 17.5 Å². The molecule has 2 N–H and O–H groups in total. The summed E-state index contributed by atoms with van der Waals surface area (Å²) in [5.41, 5.74) is 1.56. The normalized spacial score (nSPS) is 14.6. The van der Waals surface area contributed by atoms with Gasteiger partial charge in [0.25, 0.3) is 0 Å². The van der Waals surface area contributed by atoms with E-state index < -0.39 is 22.2 Å². The van der Waals surface area contributed by atoms with Crippen molar-refractivity contribution in [2.75, 3.05) is 53.0 Å². The number of nitrogens with one attached hydrogen (secondary N) is 1. The van der Waals surface area contributed by atoms with Gasteiger partial charge in [-0.05, 0) is 37.5 Å². The topological polar surface area (TPSA) is 116 Å². The van der Waals surface area contributed by atoms with E-state index >= 15 is 0 Å². The van der Waals surface area contributed by atoms with E-state index in [4.69, 9.17) is 14.6 Å². The number of rotatable bonds is 8. The molecule has 0 atom stereocenters. The van der Waals surface area contributed by atoms with Crippen molar-refractivity contribution >= 4 is 21.9 Å². The molecule has 1 aliphatic heterocycles. The quantitative estimate of drug-likeness (QED) is 0.522. The molecule has 9 nitrogen and oxygen atoms in total. The molecule has 1 aromatic rings. The molecule has 0 saturated carbocycles. The molecule has 0 spiro atoms. The molecular formula is C20H30F3N3O6S. The SMILES string of the molecule is COCCCN(CC(=O)N1CCNCC1)S(=O)(=O)c1cc(C)ccc1C.O=C(O)C(F)(F)F. The van der Waals surface area contributed by atoms with Crippen molar-refractivity contribution in [2.24, 2.45) is 0 Å². The van der Waals surface area contributed by atoms with E-state index in [1.54, 1.807) is 31.1 Å². The van der Waals surface area contributed by atoms with E-state index in [2.05, 4.69) is 5.32 Å². The summed E-state index contributed by atoms with van der Waals surface area (Å²) in [5.74, 6) is -2.91. The minimum atomic E-state index is -5.08. The summed E-state index contributed by atoms with van der Waals surface area (Å²) in [7, 11) is -2.17. The van der Waals surface area contributed by atoms with Crippen LogP contribution in [0.4, 0.5) is 13.2 Å². The lowest BCUT2D eigenvalue weighted by atomic mass is 10.2. The Hall–Kier alpha value is -2.22. The Labute approximate surface area is 191 Å². The Morgan fingerprint density at radius 2 is 1.79 bits per heavy atom. The summed E-state index contributed by atoms with van der Waals surface area (Å²) in [4.78, 5) is 23.5. The molecule has 2 rings (SSSR count). The molecule has 0 aliphatic carbocycles. The number of aliphatic carboxylic acids is 1. The van der Waals surface area contributed by atoms with Gasteiger partial charge in [-0.3, -0.25) is 4.79 Å². The van der Waals surface area contributed by atoms with E-state index in [-0.39, 0.29) is 23.9 Å². The molecule has 0 unspecified atom stereocenters. The number of hydrogen-bond donors (Lipinski definition) is 2. The third-order valence-corrected chi connectivity index (χ3v) is 6.73. The smallest absolute Gasteiger partial charge is 0.475 e. The zero-order valence-electron chi connectivity index (χ0n) is 18.8. The number of halogens is 3. The average molecular weight is 498 g/mol. The van der Waals surface area contributed by atoms with Crippen LogP contribution in [0.5, 0.6) is 0 Å². The van der Waals surface area contributed by atoms with Crippen molar-refractivity contribution in [2.45, 2.75) is 31.3 Å². The number of carbonyl (C=O) groups excluding carboxylic acids is 1. The van der Waals surface area contributed by atoms with Gasteiger partial charge in [-0.15, -0.1) is 0 Å². The molecule has 0 bridgehead atoms. The van der Waals surface area contributed by atoms with Gasteiger partial charge in [-0.25, -0.2) is 13.2 Å². The molecule has 13 heteroatoms. The van der Waals surface area contributed by atoms with Gasteiger partial charge < -0.3 is 20.1 Å². The monoisotopic (exact) mass is 497 g/mol. The molecule has 188 valence electrons. The van der Waals surface area contributed by atoms with Crippen LogP contribution in [0.15, 0.2) is 23.1 Å². The van der Waals surface area contributed by atoms with Crippen LogP contribution in [-0.4, -0.2) is 93.8 Å². The van der Waals surface area contributed by atoms with Crippen LogP contribution in [0.3, 0.4) is 0 Å². The summed E-state index contributed by atoms with van der Waals surface area (Å²) < 4.78 is 64.5. The first-order valence-corrected chi connectivity index (χ1v) is 11.6. The van der Waals surface area contributed by atoms with Crippen molar-refractivity contribution in [1.29, 1.82) is 0 Å². The largest absolute Gasteiger partial charge is 0.490 e. The van der Waals surface area contributed by atoms with Crippen LogP contribution in [0.1, 0.15) is 17.5 Å². The van der Waals surface area contributed by atoms with Gasteiger partial charge in [0.1, 0.15) is 0 Å². The Morgan fingerprint density at radius 3 is 2.30 bits per heavy atom. The lowest BCUT2D eigenvalue weighted by Crippen LogP contribution is -2.50. The Balaban J connectivity index is 0.000000675. The first-order valence-electron chi connectivity index (χ1n) is 10.2. The van der Waals surface area contributed by atoms with Crippen molar-refractivity contribution in [3.8, 4) is 0 Å². The third-order valence-electron chi connectivity index (χ3n) is 4.74. The molecule has 1 aromatic carbocycles. The number of hydrogen-bond acceptors (Lipinski definition) is 6. The number of ether oxygens (including phenoxy) is 1. The lowest BCUT2D eigenvalue weighted by molar-refractivity contribution is -0.192. The number of amides is 1. The van der Waals surface area contributed by atoms with Gasteiger partial charge in [0.2, 0.25) is 15.9 Å². The van der Waals surface area contributed by atoms with Gasteiger partial charge in [0.15, 0.2) is 0 Å². The highest BCUT2D eigenvalue weighted by Crippen LogP contribution is 2.22. The number of benzene rings is 1. The maximum atomic E-state index is 13.2. The summed E-state index contributed by atoms with van der Waals surface area (Å²) >= 11 is 0. The van der Waals surface area contributed by atoms with E-state index in [0.29, 0.717) is 31.7 Å². The van der Waals surface area contributed by atoms with Crippen LogP contribution in [0.25, 0.3) is 0 Å². The summed E-state index contributed by atoms with van der Waals surface area (Å²) in [6.07, 6.45) is -4.55. The van der Waals surface area contributed by atoms with Crippen molar-refractivity contribution in [3.05, 3.63) is 29.3 Å². The Morgan fingerprint density at radius 1 is 1.21 bits per heavy atom. The molecule has 1 heterocycles. The molecule has 33 heavy (non-hydrogen) atoms. The van der Waals surface area contributed by atoms with Crippen LogP contribution in [0, 0.1) is 13.8 Å². The number of piperazine rings is 1. The number of carbonyl (C=O) groups is 2. The van der Waals surface area contributed by atoms with E-state index in [9.17, 15) is 26.4 Å². The van der Waals surface area contributed by atoms with Gasteiger partial charge in [0, 0.05) is 46.4 Å². The highest BCUT2D eigenvalue weighted by atomic mass is 32.2. The zero-order valence-corrected chi connectivity index (χ0v) is 19.6. The van der Waals surface area contributed by atoms with Crippen LogP contribution >= 0.6 is 0 Å². The van der Waals surface area contributed by atoms with E-state index in [1.807, 2.05) is 13.0 Å². The molecule has 1 amide bonds. The minimum absolute atomic E-state index is 0.139. The second-order valence-corrected chi connectivity index (χ2v) is 9.29. The molecular weight excluding hydrogens is 467 g/mol. The van der Waals surface area contributed by atoms with Crippen LogP contribution < -0.4 is 5.32 Å². The first-order chi connectivity index (χ1) is 15.3. The summed E-state index contributed by atoms with van der Waals surface area (Å²) in [6, 6.07) is 5.35. The molecule has 0 aromatic heterocycles. The summed E-state index contributed by atoms with van der Waals surface area (Å²) in [6.45, 7) is 6.87. The highest BCUT2D eigenvalue weighted by molar-refractivity contribution is 7.89. The first kappa shape index (κ1) is 28.8. The van der Waals surface area contributed by atoms with Crippen molar-refractivity contribution in [3.63, 3.8) is 0 Å². The second-order valence-electron chi connectivity index (χ2n) is 7.39. The van der Waals surface area contributed by atoms with Crippen LogP contribution in [-0.2, 0) is 24.3 Å². The zero-order chi connectivity index (χ0) is 25.2. The van der Waals surface area contributed by atoms with Gasteiger partial charge >= 0.3 is 12.1 Å². The van der Waals surface area contributed by atoms with Gasteiger partial charge in [-0.1, -0.05) is 12.1 Å². The average Bonchev–Trinajstić information content (AvgIpc) is 2.75. The van der Waals surface area contributed by atoms with Gasteiger partial charge in [0.05, 0.1) is 11.4 Å². The third kappa shape index (κ3) is 9.27. The second kappa shape index (κ2) is 12.9. The Kier molecular flexibility index (Phi) is 11.2. The number of carboxylic acid groups (broad SMARTS) is 1. The molecule has 1 fully saturated rings. The maximum absolute atomic E-state index is 13.2. The van der Waals surface area contributed by atoms with Crippen molar-refractivity contribution < 1.29 is 41.0 Å². The van der Waals surface area contributed by atoms with E-state index in [1.165, 1.54) is 4.31 Å². The molecule has 0 radical (unpaired) electrons. The fourth-order valence-electron chi connectivity index (χ4n) is 2.96. The number of aryl methyl sites for hydroxylation is 2. The number of methoxy groups -OCH3 is 1. The fourth-order valence-corrected chi connectivity index (χ4v) is 4.70. The molecule has 1 saturated heterocycles. The standard InChI is InChI=1S/C18H29N3O4S.C2HF3O2/c1-15-5-6-16(2)17(13-15)26(23,24)21(9-4-12-25-3)14-18(22)20-10-7-19-8-11-20;3-2(4,5)1(6)7/h5-6,13,19H,4,7-12,14H2,1-3H3;(H,6,7). The summed E-state index contributed by atoms with van der Waals surface area (Å²) in [5, 5.41) is 10.3. The lowest BCUT2D eigenvalue weighted by Gasteiger charge is -2.30. The van der Waals surface area contributed by atoms with Crippen molar-refractivity contribution in [1.82, 2.24) is 14.5 Å². The number of carboxylic acids is 1. The number of nitrogens with zero attached hydrogens (tertiary/aromatic N) is 2. The predicted octanol–water partition coefficient (Wildman–Crippen LogP) is 1.40. The molecule has 1 aliphatic rings. The Bertz CT molecular complexity index is 903.